The number of aliphatic hydroxyl groups is 1. The van der Waals surface area contributed by atoms with Crippen LogP contribution in [0.1, 0.15) is 66.3 Å². The number of nitrogens with one attached hydrogen (secondary N) is 1. The van der Waals surface area contributed by atoms with E-state index < -0.39 is 6.04 Å². The van der Waals surface area contributed by atoms with E-state index in [1.165, 1.54) is 0 Å². The van der Waals surface area contributed by atoms with Crippen molar-refractivity contribution in [3.63, 3.8) is 0 Å². The average molecular weight is 631 g/mol. The molecular formula is C36H46N4O6. The highest BCUT2D eigenvalue weighted by molar-refractivity contribution is 6.00. The first kappa shape index (κ1) is 34.6. The van der Waals surface area contributed by atoms with Crippen molar-refractivity contribution in [3.05, 3.63) is 89.7 Å². The summed E-state index contributed by atoms with van der Waals surface area (Å²) in [5.41, 5.74) is 2.20. The molecule has 0 bridgehead atoms. The second-order valence-electron chi connectivity index (χ2n) is 12.1. The fourth-order valence-corrected chi connectivity index (χ4v) is 5.52. The van der Waals surface area contributed by atoms with Crippen molar-refractivity contribution in [2.45, 2.75) is 64.7 Å². The highest BCUT2D eigenvalue weighted by Crippen LogP contribution is 2.28. The smallest absolute Gasteiger partial charge is 0.258 e. The number of carbonyl (C=O) groups is 3. The van der Waals surface area contributed by atoms with E-state index in [-0.39, 0.29) is 55.4 Å². The summed E-state index contributed by atoms with van der Waals surface area (Å²) in [6.45, 7) is 6.60. The van der Waals surface area contributed by atoms with Gasteiger partial charge in [0.15, 0.2) is 0 Å². The molecule has 0 fully saturated rings. The zero-order chi connectivity index (χ0) is 33.1. The first-order chi connectivity index (χ1) is 22.2. The van der Waals surface area contributed by atoms with Crippen LogP contribution in [0.4, 0.5) is 5.69 Å². The maximum absolute atomic E-state index is 14.3. The highest BCUT2D eigenvalue weighted by atomic mass is 16.5. The molecule has 2 N–H and O–H groups in total. The van der Waals surface area contributed by atoms with E-state index in [2.05, 4.69) is 10.3 Å². The number of amides is 3. The van der Waals surface area contributed by atoms with Gasteiger partial charge in [-0.1, -0.05) is 37.3 Å². The monoisotopic (exact) mass is 630 g/mol. The molecule has 46 heavy (non-hydrogen) atoms. The van der Waals surface area contributed by atoms with Gasteiger partial charge in [0, 0.05) is 56.3 Å². The molecular weight excluding hydrogens is 584 g/mol. The van der Waals surface area contributed by atoms with E-state index in [1.807, 2.05) is 44.2 Å². The van der Waals surface area contributed by atoms with Crippen LogP contribution in [0, 0.1) is 5.92 Å². The van der Waals surface area contributed by atoms with Gasteiger partial charge in [-0.05, 0) is 69.0 Å². The fraction of sp³-hybridized carbons (Fsp3) is 0.444. The number of aliphatic hydroxyl groups excluding tert-OH is 1. The second-order valence-corrected chi connectivity index (χ2v) is 12.1. The molecule has 10 nitrogen and oxygen atoms in total. The SMILES string of the molecule is C[C@H]1CCCCO[C@H](CN(C)C(=O)c2ccncc2)[C@@H](C)CN([C@@H](C)CO)C(=O)c2cc(NC(=O)Cc3ccccc3)ccc2O1. The molecule has 0 saturated heterocycles. The zero-order valence-electron chi connectivity index (χ0n) is 27.2. The van der Waals surface area contributed by atoms with E-state index in [0.717, 1.165) is 24.8 Å². The van der Waals surface area contributed by atoms with Crippen LogP contribution in [0.15, 0.2) is 73.1 Å². The molecule has 0 saturated carbocycles. The third kappa shape index (κ3) is 9.61. The molecule has 4 rings (SSSR count). The Labute approximate surface area is 271 Å². The Morgan fingerprint density at radius 1 is 1.09 bits per heavy atom. The van der Waals surface area contributed by atoms with Crippen molar-refractivity contribution in [3.8, 4) is 5.75 Å². The molecule has 0 unspecified atom stereocenters. The Morgan fingerprint density at radius 2 is 1.83 bits per heavy atom. The summed E-state index contributed by atoms with van der Waals surface area (Å²) in [6, 6.07) is 17.4. The van der Waals surface area contributed by atoms with E-state index in [1.54, 1.807) is 66.5 Å². The summed E-state index contributed by atoms with van der Waals surface area (Å²) in [5.74, 6) is -0.435. The van der Waals surface area contributed by atoms with Crippen LogP contribution >= 0.6 is 0 Å². The first-order valence-corrected chi connectivity index (χ1v) is 16.0. The van der Waals surface area contributed by atoms with Crippen LogP contribution in [-0.4, -0.2) is 89.2 Å². The molecule has 1 aromatic heterocycles. The van der Waals surface area contributed by atoms with Gasteiger partial charge in [0.25, 0.3) is 11.8 Å². The average Bonchev–Trinajstić information content (AvgIpc) is 3.06. The Hall–Kier alpha value is -4.28. The van der Waals surface area contributed by atoms with Crippen molar-refractivity contribution in [2.24, 2.45) is 5.92 Å². The third-order valence-corrected chi connectivity index (χ3v) is 8.27. The van der Waals surface area contributed by atoms with E-state index in [9.17, 15) is 19.5 Å². The Morgan fingerprint density at radius 3 is 2.54 bits per heavy atom. The van der Waals surface area contributed by atoms with E-state index >= 15 is 0 Å². The summed E-state index contributed by atoms with van der Waals surface area (Å²) < 4.78 is 12.7. The van der Waals surface area contributed by atoms with Gasteiger partial charge in [0.05, 0.1) is 36.8 Å². The molecule has 0 spiro atoms. The Kier molecular flexibility index (Phi) is 12.7. The molecule has 0 radical (unpaired) electrons. The maximum atomic E-state index is 14.3. The predicted octanol–water partition coefficient (Wildman–Crippen LogP) is 4.83. The third-order valence-electron chi connectivity index (χ3n) is 8.27. The number of ether oxygens (including phenoxy) is 2. The molecule has 246 valence electrons. The minimum Gasteiger partial charge on any atom is -0.490 e. The van der Waals surface area contributed by atoms with Gasteiger partial charge in [-0.3, -0.25) is 19.4 Å². The van der Waals surface area contributed by atoms with Gasteiger partial charge in [-0.25, -0.2) is 0 Å². The number of likely N-dealkylation sites (N-methyl/N-ethyl adjacent to an activating group) is 1. The Bertz CT molecular complexity index is 1440. The number of hydrogen-bond donors (Lipinski definition) is 2. The van der Waals surface area contributed by atoms with Gasteiger partial charge in [-0.2, -0.15) is 0 Å². The molecule has 0 aliphatic carbocycles. The lowest BCUT2D eigenvalue weighted by Gasteiger charge is -2.36. The summed E-state index contributed by atoms with van der Waals surface area (Å²) in [7, 11) is 1.74. The van der Waals surface area contributed by atoms with Crippen molar-refractivity contribution >= 4 is 23.4 Å². The minimum absolute atomic E-state index is 0.143. The lowest BCUT2D eigenvalue weighted by Crippen LogP contribution is -2.48. The summed E-state index contributed by atoms with van der Waals surface area (Å²) in [4.78, 5) is 47.6. The van der Waals surface area contributed by atoms with Crippen LogP contribution in [-0.2, 0) is 16.0 Å². The van der Waals surface area contributed by atoms with Crippen molar-refractivity contribution < 1.29 is 29.0 Å². The molecule has 2 aromatic carbocycles. The van der Waals surface area contributed by atoms with Gasteiger partial charge < -0.3 is 29.7 Å². The number of pyridine rings is 1. The van der Waals surface area contributed by atoms with Crippen LogP contribution in [0.2, 0.25) is 0 Å². The van der Waals surface area contributed by atoms with Crippen molar-refractivity contribution in [1.29, 1.82) is 0 Å². The summed E-state index contributed by atoms with van der Waals surface area (Å²) in [5, 5.41) is 13.1. The lowest BCUT2D eigenvalue weighted by molar-refractivity contribution is -0.115. The number of carbonyl (C=O) groups excluding carboxylic acids is 3. The maximum Gasteiger partial charge on any atom is 0.258 e. The molecule has 1 aliphatic heterocycles. The van der Waals surface area contributed by atoms with Gasteiger partial charge in [0.1, 0.15) is 5.75 Å². The molecule has 3 amide bonds. The van der Waals surface area contributed by atoms with E-state index in [0.29, 0.717) is 35.7 Å². The van der Waals surface area contributed by atoms with Crippen LogP contribution in [0.5, 0.6) is 5.75 Å². The van der Waals surface area contributed by atoms with Gasteiger partial charge in [0.2, 0.25) is 5.91 Å². The van der Waals surface area contributed by atoms with E-state index in [4.69, 9.17) is 9.47 Å². The van der Waals surface area contributed by atoms with Crippen LogP contribution in [0.25, 0.3) is 0 Å². The molecule has 3 aromatic rings. The normalized spacial score (nSPS) is 20.1. The summed E-state index contributed by atoms with van der Waals surface area (Å²) in [6.07, 6.45) is 5.27. The van der Waals surface area contributed by atoms with Crippen molar-refractivity contribution in [2.75, 3.05) is 38.7 Å². The standard InChI is InChI=1S/C36H46N4O6/c1-25-22-40(26(2)24-41)36(44)31-21-30(38-34(42)20-28-11-6-5-7-12-28)13-14-32(31)46-27(3)10-8-9-19-45-33(25)23-39(4)35(43)29-15-17-37-18-16-29/h5-7,11-18,21,25-27,33,41H,8-10,19-20,22-24H2,1-4H3,(H,38,42)/t25-,26-,27-,33+/m0/s1. The lowest BCUT2D eigenvalue weighted by atomic mass is 10.0. The quantitative estimate of drug-likeness (QED) is 0.366. The van der Waals surface area contributed by atoms with Gasteiger partial charge in [-0.15, -0.1) is 0 Å². The zero-order valence-corrected chi connectivity index (χ0v) is 27.2. The number of benzene rings is 2. The minimum atomic E-state index is -0.513. The number of aromatic nitrogens is 1. The number of anilines is 1. The van der Waals surface area contributed by atoms with Crippen LogP contribution in [0.3, 0.4) is 0 Å². The Balaban J connectivity index is 1.60. The molecule has 4 atom stereocenters. The topological polar surface area (TPSA) is 121 Å². The first-order valence-electron chi connectivity index (χ1n) is 16.0. The number of nitrogens with zero attached hydrogens (tertiary/aromatic N) is 3. The number of fused-ring (bicyclic) bond motifs is 1. The summed E-state index contributed by atoms with van der Waals surface area (Å²) >= 11 is 0. The number of hydrogen-bond acceptors (Lipinski definition) is 7. The van der Waals surface area contributed by atoms with Gasteiger partial charge >= 0.3 is 0 Å². The largest absolute Gasteiger partial charge is 0.490 e. The molecule has 10 heteroatoms. The fourth-order valence-electron chi connectivity index (χ4n) is 5.52. The molecule has 1 aliphatic rings. The molecule has 2 heterocycles. The highest BCUT2D eigenvalue weighted by Gasteiger charge is 2.31. The predicted molar refractivity (Wildman–Crippen MR) is 177 cm³/mol. The van der Waals surface area contributed by atoms with Crippen molar-refractivity contribution in [1.82, 2.24) is 14.8 Å². The van der Waals surface area contributed by atoms with Crippen LogP contribution < -0.4 is 10.1 Å². The number of rotatable bonds is 8. The second kappa shape index (κ2) is 16.9.